The van der Waals surface area contributed by atoms with E-state index in [-0.39, 0.29) is 5.56 Å². The van der Waals surface area contributed by atoms with E-state index in [0.29, 0.717) is 53.9 Å². The highest BCUT2D eigenvalue weighted by Gasteiger charge is 2.22. The molecule has 0 radical (unpaired) electrons. The topological polar surface area (TPSA) is 146 Å². The summed E-state index contributed by atoms with van der Waals surface area (Å²) in [7, 11) is 0. The summed E-state index contributed by atoms with van der Waals surface area (Å²) in [6.45, 7) is 2.42. The Bertz CT molecular complexity index is 1130. The van der Waals surface area contributed by atoms with Gasteiger partial charge in [0.15, 0.2) is 0 Å². The van der Waals surface area contributed by atoms with Gasteiger partial charge in [-0.1, -0.05) is 0 Å². The maximum atomic E-state index is 12.5. The summed E-state index contributed by atoms with van der Waals surface area (Å²) in [5, 5.41) is 18.8. The lowest BCUT2D eigenvalue weighted by Gasteiger charge is -2.31. The first-order chi connectivity index (χ1) is 15.2. The second-order valence-corrected chi connectivity index (χ2v) is 7.41. The zero-order valence-corrected chi connectivity index (χ0v) is 17.0. The molecule has 10 nitrogen and oxygen atoms in total. The van der Waals surface area contributed by atoms with Crippen LogP contribution in [0.4, 0.5) is 17.5 Å². The molecule has 0 bridgehead atoms. The Hall–Kier alpha value is -3.71. The summed E-state index contributed by atoms with van der Waals surface area (Å²) in [6.07, 6.45) is 3.92. The zero-order chi connectivity index (χ0) is 21.6. The van der Waals surface area contributed by atoms with Crippen molar-refractivity contribution < 1.29 is 4.74 Å². The summed E-state index contributed by atoms with van der Waals surface area (Å²) in [4.78, 5) is 23.8. The fourth-order valence-electron chi connectivity index (χ4n) is 3.64. The van der Waals surface area contributed by atoms with Crippen LogP contribution in [0.3, 0.4) is 0 Å². The second kappa shape index (κ2) is 9.40. The molecular formula is C21H24N8O2. The summed E-state index contributed by atoms with van der Waals surface area (Å²) in [6, 6.07) is 9.61. The van der Waals surface area contributed by atoms with Gasteiger partial charge in [-0.25, -0.2) is 10.1 Å². The van der Waals surface area contributed by atoms with Crippen molar-refractivity contribution in [2.24, 2.45) is 11.7 Å². The number of nitrogens with one attached hydrogen (secondary N) is 2. The molecule has 31 heavy (non-hydrogen) atoms. The van der Waals surface area contributed by atoms with Gasteiger partial charge in [-0.05, 0) is 43.0 Å². The maximum Gasteiger partial charge on any atom is 0.277 e. The maximum absolute atomic E-state index is 12.5. The number of aromatic amines is 1. The molecule has 1 aromatic carbocycles. The van der Waals surface area contributed by atoms with Crippen LogP contribution >= 0.6 is 0 Å². The Morgan fingerprint density at radius 2 is 2.03 bits per heavy atom. The van der Waals surface area contributed by atoms with Gasteiger partial charge in [-0.3, -0.25) is 4.79 Å². The van der Waals surface area contributed by atoms with E-state index in [9.17, 15) is 4.79 Å². The predicted octanol–water partition coefficient (Wildman–Crippen LogP) is 1.92. The van der Waals surface area contributed by atoms with E-state index >= 15 is 0 Å². The highest BCUT2D eigenvalue weighted by atomic mass is 16.5. The van der Waals surface area contributed by atoms with Crippen molar-refractivity contribution in [3.63, 3.8) is 0 Å². The van der Waals surface area contributed by atoms with Gasteiger partial charge in [0.2, 0.25) is 5.95 Å². The van der Waals surface area contributed by atoms with Gasteiger partial charge in [-0.2, -0.15) is 15.3 Å². The quantitative estimate of drug-likeness (QED) is 0.521. The van der Waals surface area contributed by atoms with Gasteiger partial charge >= 0.3 is 0 Å². The number of hydrogen-bond donors (Lipinski definition) is 3. The van der Waals surface area contributed by atoms with Crippen molar-refractivity contribution in [3.05, 3.63) is 40.8 Å². The van der Waals surface area contributed by atoms with Crippen LogP contribution in [-0.2, 0) is 0 Å². The first-order valence-electron chi connectivity index (χ1n) is 10.2. The third-order valence-electron chi connectivity index (χ3n) is 5.29. The number of hydrogen-bond acceptors (Lipinski definition) is 9. The Labute approximate surface area is 179 Å². The third-order valence-corrected chi connectivity index (χ3v) is 5.29. The molecule has 4 N–H and O–H groups in total. The van der Waals surface area contributed by atoms with Crippen LogP contribution in [0.1, 0.15) is 19.3 Å². The van der Waals surface area contributed by atoms with Crippen LogP contribution in [0, 0.1) is 17.2 Å². The molecular weight excluding hydrogens is 396 g/mol. The van der Waals surface area contributed by atoms with Gasteiger partial charge in [0.1, 0.15) is 29.1 Å². The van der Waals surface area contributed by atoms with E-state index in [0.717, 1.165) is 31.6 Å². The Morgan fingerprint density at radius 1 is 1.26 bits per heavy atom. The van der Waals surface area contributed by atoms with Gasteiger partial charge in [-0.15, -0.1) is 0 Å². The first-order valence-corrected chi connectivity index (χ1v) is 10.2. The number of anilines is 3. The minimum atomic E-state index is -0.359. The van der Waals surface area contributed by atoms with E-state index in [1.165, 1.54) is 6.20 Å². The van der Waals surface area contributed by atoms with Gasteiger partial charge in [0, 0.05) is 31.7 Å². The number of nitriles is 1. The van der Waals surface area contributed by atoms with Crippen molar-refractivity contribution in [1.82, 2.24) is 20.2 Å². The Kier molecular flexibility index (Phi) is 6.24. The number of fused-ring (bicyclic) bond motifs is 1. The average Bonchev–Trinajstić information content (AvgIpc) is 2.79. The summed E-state index contributed by atoms with van der Waals surface area (Å²) >= 11 is 0. The van der Waals surface area contributed by atoms with Crippen molar-refractivity contribution in [2.75, 3.05) is 36.5 Å². The van der Waals surface area contributed by atoms with E-state index < -0.39 is 0 Å². The molecule has 1 fully saturated rings. The summed E-state index contributed by atoms with van der Waals surface area (Å²) in [5.41, 5.74) is 6.34. The molecule has 0 aliphatic carbocycles. The number of piperidine rings is 1. The predicted molar refractivity (Wildman–Crippen MR) is 117 cm³/mol. The van der Waals surface area contributed by atoms with Crippen LogP contribution < -0.4 is 26.2 Å². The highest BCUT2D eigenvalue weighted by molar-refractivity contribution is 5.90. The second-order valence-electron chi connectivity index (χ2n) is 7.41. The molecule has 3 aromatic rings. The summed E-state index contributed by atoms with van der Waals surface area (Å²) < 4.78 is 5.51. The van der Waals surface area contributed by atoms with Crippen molar-refractivity contribution >= 4 is 28.4 Å². The molecule has 1 saturated heterocycles. The van der Waals surface area contributed by atoms with E-state index in [4.69, 9.17) is 15.7 Å². The molecule has 160 valence electrons. The third kappa shape index (κ3) is 4.73. The minimum Gasteiger partial charge on any atom is -0.492 e. The van der Waals surface area contributed by atoms with Crippen LogP contribution in [0.5, 0.6) is 5.75 Å². The standard InChI is InChI=1S/C21H24N8O2/c22-8-5-14-6-10-29(11-7-14)21-26-17-13-24-28-20(30)18(17)19(27-21)25-15-1-3-16(4-2-15)31-12-9-23/h1-4,13-14H,5-7,9-12,23H2,(H,28,30)(H,25,26,27). The molecule has 3 heterocycles. The lowest BCUT2D eigenvalue weighted by atomic mass is 9.94. The Balaban J connectivity index is 1.62. The van der Waals surface area contributed by atoms with Gasteiger partial charge in [0.25, 0.3) is 5.56 Å². The minimum absolute atomic E-state index is 0.349. The smallest absolute Gasteiger partial charge is 0.277 e. The molecule has 0 atom stereocenters. The van der Waals surface area contributed by atoms with Gasteiger partial charge < -0.3 is 20.7 Å². The largest absolute Gasteiger partial charge is 0.492 e. The molecule has 1 aliphatic rings. The van der Waals surface area contributed by atoms with Gasteiger partial charge in [0.05, 0.1) is 12.3 Å². The number of ether oxygens (including phenoxy) is 1. The number of rotatable bonds is 7. The molecule has 0 saturated carbocycles. The SMILES string of the molecule is N#CCC1CCN(c2nc(Nc3ccc(OCCN)cc3)c3c(=O)[nH]ncc3n2)CC1. The average molecular weight is 420 g/mol. The molecule has 10 heteroatoms. The van der Waals surface area contributed by atoms with E-state index in [2.05, 4.69) is 36.5 Å². The fourth-order valence-corrected chi connectivity index (χ4v) is 3.64. The van der Waals surface area contributed by atoms with Crippen LogP contribution in [-0.4, -0.2) is 46.4 Å². The van der Waals surface area contributed by atoms with E-state index in [1.54, 1.807) is 0 Å². The molecule has 2 aromatic heterocycles. The summed E-state index contributed by atoms with van der Waals surface area (Å²) in [5.74, 6) is 2.08. The lowest BCUT2D eigenvalue weighted by Crippen LogP contribution is -2.35. The number of nitrogens with two attached hydrogens (primary N) is 1. The Morgan fingerprint density at radius 3 is 2.74 bits per heavy atom. The zero-order valence-electron chi connectivity index (χ0n) is 17.0. The van der Waals surface area contributed by atoms with Crippen molar-refractivity contribution in [1.29, 1.82) is 5.26 Å². The number of nitrogens with zero attached hydrogens (tertiary/aromatic N) is 5. The molecule has 1 aliphatic heterocycles. The molecule has 0 amide bonds. The number of aromatic nitrogens is 4. The molecule has 4 rings (SSSR count). The fraction of sp³-hybridized carbons (Fsp3) is 0.381. The van der Waals surface area contributed by atoms with Crippen molar-refractivity contribution in [2.45, 2.75) is 19.3 Å². The monoisotopic (exact) mass is 420 g/mol. The van der Waals surface area contributed by atoms with Crippen LogP contribution in [0.25, 0.3) is 10.9 Å². The first kappa shape index (κ1) is 20.6. The van der Waals surface area contributed by atoms with E-state index in [1.807, 2.05) is 24.3 Å². The lowest BCUT2D eigenvalue weighted by molar-refractivity contribution is 0.328. The number of H-pyrrole nitrogens is 1. The molecule has 0 spiro atoms. The van der Waals surface area contributed by atoms with Crippen LogP contribution in [0.2, 0.25) is 0 Å². The molecule has 0 unspecified atom stereocenters. The highest BCUT2D eigenvalue weighted by Crippen LogP contribution is 2.28. The van der Waals surface area contributed by atoms with Crippen LogP contribution in [0.15, 0.2) is 35.3 Å². The number of benzene rings is 1. The van der Waals surface area contributed by atoms with Crippen molar-refractivity contribution in [3.8, 4) is 11.8 Å². The normalized spacial score (nSPS) is 14.4.